The molecule has 3 aliphatic rings. The second-order valence-electron chi connectivity index (χ2n) is 5.70. The molecular weight excluding hydrogens is 270 g/mol. The van der Waals surface area contributed by atoms with Crippen LogP contribution in [0.3, 0.4) is 0 Å². The molecule has 2 fully saturated rings. The molecule has 1 aromatic heterocycles. The van der Waals surface area contributed by atoms with Crippen molar-refractivity contribution in [1.82, 2.24) is 25.6 Å². The standard InChI is InChI=1S/C14H21N5O2/c1-2-9-18(10-3-1)19-16-12(13-15-6-11-20-13)14(21-19)17-7-4-5-8-17/h6,11,16H,1-5,7-10H2. The maximum absolute atomic E-state index is 6.07. The average molecular weight is 291 g/mol. The van der Waals surface area contributed by atoms with Crippen molar-refractivity contribution in [2.24, 2.45) is 0 Å². The van der Waals surface area contributed by atoms with E-state index < -0.39 is 0 Å². The summed E-state index contributed by atoms with van der Waals surface area (Å²) in [5.41, 5.74) is 4.14. The Hall–Kier alpha value is -1.73. The summed E-state index contributed by atoms with van der Waals surface area (Å²) in [7, 11) is 0. The number of nitrogens with zero attached hydrogens (tertiary/aromatic N) is 4. The minimum Gasteiger partial charge on any atom is -0.443 e. The topological polar surface area (TPSA) is 57.0 Å². The molecule has 21 heavy (non-hydrogen) atoms. The zero-order chi connectivity index (χ0) is 14.1. The van der Waals surface area contributed by atoms with Crippen LogP contribution in [-0.4, -0.2) is 46.4 Å². The van der Waals surface area contributed by atoms with Gasteiger partial charge in [0.2, 0.25) is 11.8 Å². The average Bonchev–Trinajstić information content (AvgIpc) is 3.27. The summed E-state index contributed by atoms with van der Waals surface area (Å²) >= 11 is 0. The van der Waals surface area contributed by atoms with E-state index in [1.807, 2.05) is 0 Å². The fourth-order valence-corrected chi connectivity index (χ4v) is 3.10. The zero-order valence-corrected chi connectivity index (χ0v) is 12.1. The first-order chi connectivity index (χ1) is 10.4. The summed E-state index contributed by atoms with van der Waals surface area (Å²) in [4.78, 5) is 12.6. The van der Waals surface area contributed by atoms with Crippen molar-refractivity contribution < 1.29 is 9.25 Å². The van der Waals surface area contributed by atoms with E-state index in [0.717, 1.165) is 37.8 Å². The van der Waals surface area contributed by atoms with Gasteiger partial charge in [0, 0.05) is 31.5 Å². The lowest BCUT2D eigenvalue weighted by molar-refractivity contribution is -0.282. The molecule has 4 rings (SSSR count). The quantitative estimate of drug-likeness (QED) is 0.906. The highest BCUT2D eigenvalue weighted by Crippen LogP contribution is 2.29. The number of likely N-dealkylation sites (tertiary alicyclic amines) is 1. The summed E-state index contributed by atoms with van der Waals surface area (Å²) in [6.45, 7) is 4.07. The normalized spacial score (nSPS) is 24.5. The van der Waals surface area contributed by atoms with Gasteiger partial charge in [0.25, 0.3) is 0 Å². The molecule has 0 unspecified atom stereocenters. The van der Waals surface area contributed by atoms with Crippen LogP contribution in [0, 0.1) is 0 Å². The van der Waals surface area contributed by atoms with Crippen LogP contribution in [0.5, 0.6) is 0 Å². The van der Waals surface area contributed by atoms with Gasteiger partial charge in [-0.2, -0.15) is 5.01 Å². The van der Waals surface area contributed by atoms with Crippen molar-refractivity contribution in [2.75, 3.05) is 26.2 Å². The zero-order valence-electron chi connectivity index (χ0n) is 12.1. The number of rotatable bonds is 3. The lowest BCUT2D eigenvalue weighted by Crippen LogP contribution is -2.49. The van der Waals surface area contributed by atoms with Gasteiger partial charge in [-0.3, -0.25) is 5.43 Å². The molecule has 0 aliphatic carbocycles. The molecule has 7 heteroatoms. The maximum atomic E-state index is 6.07. The Morgan fingerprint density at radius 2 is 1.76 bits per heavy atom. The summed E-state index contributed by atoms with van der Waals surface area (Å²) in [5, 5.41) is 3.96. The monoisotopic (exact) mass is 291 g/mol. The second-order valence-corrected chi connectivity index (χ2v) is 5.70. The summed E-state index contributed by atoms with van der Waals surface area (Å²) in [5.74, 6) is 1.41. The molecule has 0 amide bonds. The minimum atomic E-state index is 0.580. The minimum absolute atomic E-state index is 0.580. The number of hydrazine groups is 2. The highest BCUT2D eigenvalue weighted by atomic mass is 16.8. The van der Waals surface area contributed by atoms with E-state index in [9.17, 15) is 0 Å². The first-order valence-corrected chi connectivity index (χ1v) is 7.80. The molecule has 1 aromatic rings. The third kappa shape index (κ3) is 2.47. The molecular formula is C14H21N5O2. The molecule has 0 spiro atoms. The number of hydrogen-bond acceptors (Lipinski definition) is 7. The Morgan fingerprint density at radius 3 is 2.48 bits per heavy atom. The van der Waals surface area contributed by atoms with Crippen molar-refractivity contribution in [3.8, 4) is 0 Å². The predicted molar refractivity (Wildman–Crippen MR) is 75.7 cm³/mol. The van der Waals surface area contributed by atoms with Gasteiger partial charge in [-0.15, -0.1) is 0 Å². The Kier molecular flexibility index (Phi) is 3.44. The van der Waals surface area contributed by atoms with Gasteiger partial charge in [-0.05, 0) is 25.7 Å². The Morgan fingerprint density at radius 1 is 1.00 bits per heavy atom. The van der Waals surface area contributed by atoms with E-state index in [-0.39, 0.29) is 0 Å². The van der Waals surface area contributed by atoms with Crippen LogP contribution in [-0.2, 0) is 4.84 Å². The molecule has 0 saturated carbocycles. The van der Waals surface area contributed by atoms with Crippen LogP contribution in [0.4, 0.5) is 0 Å². The highest BCUT2D eigenvalue weighted by Gasteiger charge is 2.35. The van der Waals surface area contributed by atoms with E-state index >= 15 is 0 Å². The molecule has 0 atom stereocenters. The van der Waals surface area contributed by atoms with E-state index in [1.54, 1.807) is 17.7 Å². The fourth-order valence-electron chi connectivity index (χ4n) is 3.10. The smallest absolute Gasteiger partial charge is 0.249 e. The van der Waals surface area contributed by atoms with Crippen LogP contribution in [0.15, 0.2) is 22.8 Å². The third-order valence-corrected chi connectivity index (χ3v) is 4.22. The van der Waals surface area contributed by atoms with Gasteiger partial charge in [0.05, 0.1) is 6.20 Å². The number of nitrogens with one attached hydrogen (secondary N) is 1. The van der Waals surface area contributed by atoms with Gasteiger partial charge >= 0.3 is 0 Å². The molecule has 3 aliphatic heterocycles. The van der Waals surface area contributed by atoms with Crippen LogP contribution in [0.25, 0.3) is 5.70 Å². The lowest BCUT2D eigenvalue weighted by Gasteiger charge is -2.32. The largest absolute Gasteiger partial charge is 0.443 e. The van der Waals surface area contributed by atoms with Gasteiger partial charge in [-0.25, -0.2) is 4.98 Å². The van der Waals surface area contributed by atoms with E-state index in [2.05, 4.69) is 20.3 Å². The highest BCUT2D eigenvalue weighted by molar-refractivity contribution is 5.59. The van der Waals surface area contributed by atoms with Crippen LogP contribution >= 0.6 is 0 Å². The van der Waals surface area contributed by atoms with Crippen LogP contribution < -0.4 is 5.43 Å². The predicted octanol–water partition coefficient (Wildman–Crippen LogP) is 1.55. The molecule has 0 bridgehead atoms. The molecule has 2 saturated heterocycles. The van der Waals surface area contributed by atoms with Crippen molar-refractivity contribution >= 4 is 5.70 Å². The first-order valence-electron chi connectivity index (χ1n) is 7.80. The Labute approximate surface area is 124 Å². The molecule has 114 valence electrons. The third-order valence-electron chi connectivity index (χ3n) is 4.22. The van der Waals surface area contributed by atoms with Crippen LogP contribution in [0.2, 0.25) is 0 Å². The summed E-state index contributed by atoms with van der Waals surface area (Å²) < 4.78 is 5.46. The SMILES string of the molecule is c1coc(C2=C(N3CCCC3)ON(N3CCCCC3)N2)n1. The summed E-state index contributed by atoms with van der Waals surface area (Å²) in [6, 6.07) is 0. The molecule has 4 heterocycles. The molecule has 0 radical (unpaired) electrons. The van der Waals surface area contributed by atoms with Crippen molar-refractivity contribution in [3.05, 3.63) is 24.2 Å². The van der Waals surface area contributed by atoms with Gasteiger partial charge < -0.3 is 14.2 Å². The van der Waals surface area contributed by atoms with Crippen LogP contribution in [0.1, 0.15) is 38.0 Å². The number of hydrogen-bond donors (Lipinski definition) is 1. The second kappa shape index (κ2) is 5.57. The Bertz CT molecular complexity index is 503. The lowest BCUT2D eigenvalue weighted by atomic mass is 10.2. The molecule has 7 nitrogen and oxygen atoms in total. The van der Waals surface area contributed by atoms with Crippen molar-refractivity contribution in [2.45, 2.75) is 32.1 Å². The number of piperidine rings is 1. The van der Waals surface area contributed by atoms with Crippen molar-refractivity contribution in [1.29, 1.82) is 0 Å². The molecule has 1 N–H and O–H groups in total. The van der Waals surface area contributed by atoms with E-state index in [4.69, 9.17) is 9.25 Å². The van der Waals surface area contributed by atoms with Crippen molar-refractivity contribution in [3.63, 3.8) is 0 Å². The molecule has 0 aromatic carbocycles. The first kappa shape index (κ1) is 13.0. The summed E-state index contributed by atoms with van der Waals surface area (Å²) in [6.07, 6.45) is 9.36. The number of oxazole rings is 1. The van der Waals surface area contributed by atoms with E-state index in [0.29, 0.717) is 5.89 Å². The number of aromatic nitrogens is 1. The fraction of sp³-hybridized carbons (Fsp3) is 0.643. The maximum Gasteiger partial charge on any atom is 0.249 e. The van der Waals surface area contributed by atoms with E-state index in [1.165, 1.54) is 32.1 Å². The Balaban J connectivity index is 1.57. The van der Waals surface area contributed by atoms with Gasteiger partial charge in [0.1, 0.15) is 6.26 Å². The van der Waals surface area contributed by atoms with Gasteiger partial charge in [-0.1, -0.05) is 6.42 Å². The van der Waals surface area contributed by atoms with Gasteiger partial charge in [0.15, 0.2) is 5.70 Å².